The predicted octanol–water partition coefficient (Wildman–Crippen LogP) is 3.14. The van der Waals surface area contributed by atoms with E-state index in [1.807, 2.05) is 0 Å². The fourth-order valence-electron chi connectivity index (χ4n) is 2.14. The van der Waals surface area contributed by atoms with Gasteiger partial charge in [0.25, 0.3) is 0 Å². The quantitative estimate of drug-likeness (QED) is 0.742. The van der Waals surface area contributed by atoms with Crippen LogP contribution < -0.4 is 5.32 Å². The van der Waals surface area contributed by atoms with Crippen molar-refractivity contribution in [3.05, 3.63) is 35.4 Å². The molecule has 0 aliphatic heterocycles. The third-order valence-electron chi connectivity index (χ3n) is 4.10. The van der Waals surface area contributed by atoms with Crippen molar-refractivity contribution in [3.8, 4) is 0 Å². The number of aryl methyl sites for hydroxylation is 1. The molecule has 0 saturated carbocycles. The Morgan fingerprint density at radius 3 is 2.00 bits per heavy atom. The monoisotopic (exact) mass is 249 g/mol. The SMILES string of the molecule is CCc1ccc(CNCC(CC)(CC)CO)cc1. The van der Waals surface area contributed by atoms with Gasteiger partial charge in [0.15, 0.2) is 0 Å². The molecule has 0 aliphatic carbocycles. The van der Waals surface area contributed by atoms with E-state index in [2.05, 4.69) is 50.4 Å². The second-order valence-electron chi connectivity index (χ2n) is 5.14. The maximum Gasteiger partial charge on any atom is 0.0499 e. The Labute approximate surface area is 111 Å². The van der Waals surface area contributed by atoms with Crippen LogP contribution in [0.4, 0.5) is 0 Å². The first-order valence-corrected chi connectivity index (χ1v) is 7.09. The van der Waals surface area contributed by atoms with Crippen LogP contribution in [0.1, 0.15) is 44.7 Å². The Morgan fingerprint density at radius 1 is 1.00 bits per heavy atom. The highest BCUT2D eigenvalue weighted by atomic mass is 16.3. The molecule has 18 heavy (non-hydrogen) atoms. The van der Waals surface area contributed by atoms with E-state index in [1.165, 1.54) is 11.1 Å². The van der Waals surface area contributed by atoms with Crippen LogP contribution in [0.15, 0.2) is 24.3 Å². The zero-order valence-corrected chi connectivity index (χ0v) is 12.0. The van der Waals surface area contributed by atoms with E-state index in [1.54, 1.807) is 0 Å². The molecule has 0 spiro atoms. The van der Waals surface area contributed by atoms with Crippen LogP contribution in [-0.4, -0.2) is 18.3 Å². The number of nitrogens with one attached hydrogen (secondary N) is 1. The first-order valence-electron chi connectivity index (χ1n) is 7.09. The van der Waals surface area contributed by atoms with Gasteiger partial charge in [-0.2, -0.15) is 0 Å². The molecule has 0 heterocycles. The Balaban J connectivity index is 2.44. The van der Waals surface area contributed by atoms with E-state index < -0.39 is 0 Å². The number of aliphatic hydroxyl groups excluding tert-OH is 1. The van der Waals surface area contributed by atoms with Crippen LogP contribution in [-0.2, 0) is 13.0 Å². The third kappa shape index (κ3) is 4.11. The average Bonchev–Trinajstić information content (AvgIpc) is 2.45. The summed E-state index contributed by atoms with van der Waals surface area (Å²) in [5.74, 6) is 0. The second-order valence-corrected chi connectivity index (χ2v) is 5.14. The van der Waals surface area contributed by atoms with Crippen molar-refractivity contribution in [1.29, 1.82) is 0 Å². The molecule has 1 aromatic rings. The van der Waals surface area contributed by atoms with E-state index in [0.717, 1.165) is 32.4 Å². The zero-order chi connectivity index (χ0) is 13.4. The Bertz CT molecular complexity index is 319. The standard InChI is InChI=1S/C16H27NO/c1-4-14-7-9-15(10-8-14)11-17-12-16(5-2,6-3)13-18/h7-10,17-18H,4-6,11-13H2,1-3H3. The molecule has 0 radical (unpaired) electrons. The van der Waals surface area contributed by atoms with Gasteiger partial charge in [-0.1, -0.05) is 45.0 Å². The Kier molecular flexibility index (Phi) is 6.37. The molecule has 0 atom stereocenters. The highest BCUT2D eigenvalue weighted by molar-refractivity contribution is 5.22. The summed E-state index contributed by atoms with van der Waals surface area (Å²) in [6.07, 6.45) is 3.12. The summed E-state index contributed by atoms with van der Waals surface area (Å²) in [4.78, 5) is 0. The molecule has 0 fully saturated rings. The van der Waals surface area contributed by atoms with Gasteiger partial charge in [-0.25, -0.2) is 0 Å². The van der Waals surface area contributed by atoms with Crippen LogP contribution in [0.3, 0.4) is 0 Å². The van der Waals surface area contributed by atoms with Crippen LogP contribution in [0.25, 0.3) is 0 Å². The van der Waals surface area contributed by atoms with Gasteiger partial charge in [0.1, 0.15) is 0 Å². The molecule has 2 nitrogen and oxygen atoms in total. The summed E-state index contributed by atoms with van der Waals surface area (Å²) in [5, 5.41) is 13.0. The van der Waals surface area contributed by atoms with Crippen LogP contribution in [0.5, 0.6) is 0 Å². The molecule has 102 valence electrons. The second kappa shape index (κ2) is 7.55. The van der Waals surface area contributed by atoms with Crippen LogP contribution in [0, 0.1) is 5.41 Å². The third-order valence-corrected chi connectivity index (χ3v) is 4.10. The molecule has 0 bridgehead atoms. The Hall–Kier alpha value is -0.860. The Morgan fingerprint density at radius 2 is 1.56 bits per heavy atom. The highest BCUT2D eigenvalue weighted by Gasteiger charge is 2.24. The van der Waals surface area contributed by atoms with Gasteiger partial charge in [0.2, 0.25) is 0 Å². The minimum Gasteiger partial charge on any atom is -0.396 e. The number of benzene rings is 1. The van der Waals surface area contributed by atoms with Crippen LogP contribution >= 0.6 is 0 Å². The first-order chi connectivity index (χ1) is 8.69. The summed E-state index contributed by atoms with van der Waals surface area (Å²) < 4.78 is 0. The highest BCUT2D eigenvalue weighted by Crippen LogP contribution is 2.24. The molecular weight excluding hydrogens is 222 g/mol. The summed E-state index contributed by atoms with van der Waals surface area (Å²) in [5.41, 5.74) is 2.74. The van der Waals surface area contributed by atoms with E-state index in [0.29, 0.717) is 0 Å². The fourth-order valence-corrected chi connectivity index (χ4v) is 2.14. The van der Waals surface area contributed by atoms with E-state index in [9.17, 15) is 5.11 Å². The molecule has 1 rings (SSSR count). The van der Waals surface area contributed by atoms with Gasteiger partial charge in [-0.15, -0.1) is 0 Å². The summed E-state index contributed by atoms with van der Waals surface area (Å²) in [6, 6.07) is 8.75. The molecule has 2 N–H and O–H groups in total. The molecule has 0 aromatic heterocycles. The molecule has 1 aromatic carbocycles. The van der Waals surface area contributed by atoms with Gasteiger partial charge >= 0.3 is 0 Å². The molecule has 2 heteroatoms. The number of aliphatic hydroxyl groups is 1. The van der Waals surface area contributed by atoms with Crippen LogP contribution in [0.2, 0.25) is 0 Å². The lowest BCUT2D eigenvalue weighted by molar-refractivity contribution is 0.113. The number of hydrogen-bond acceptors (Lipinski definition) is 2. The van der Waals surface area contributed by atoms with Gasteiger partial charge in [0.05, 0.1) is 0 Å². The lowest BCUT2D eigenvalue weighted by Gasteiger charge is -2.29. The van der Waals surface area contributed by atoms with Crippen molar-refractivity contribution >= 4 is 0 Å². The van der Waals surface area contributed by atoms with E-state index >= 15 is 0 Å². The van der Waals surface area contributed by atoms with Gasteiger partial charge in [-0.05, 0) is 30.4 Å². The van der Waals surface area contributed by atoms with Crippen molar-refractivity contribution in [1.82, 2.24) is 5.32 Å². The molecule has 0 unspecified atom stereocenters. The predicted molar refractivity (Wildman–Crippen MR) is 77.6 cm³/mol. The van der Waals surface area contributed by atoms with Crippen molar-refractivity contribution in [2.75, 3.05) is 13.2 Å². The van der Waals surface area contributed by atoms with Gasteiger partial charge < -0.3 is 10.4 Å². The smallest absolute Gasteiger partial charge is 0.0499 e. The summed E-state index contributed by atoms with van der Waals surface area (Å²) in [7, 11) is 0. The van der Waals surface area contributed by atoms with Crippen molar-refractivity contribution < 1.29 is 5.11 Å². The summed E-state index contributed by atoms with van der Waals surface area (Å²) >= 11 is 0. The lowest BCUT2D eigenvalue weighted by atomic mass is 9.83. The number of rotatable bonds is 8. The first kappa shape index (κ1) is 15.2. The average molecular weight is 249 g/mol. The largest absolute Gasteiger partial charge is 0.396 e. The van der Waals surface area contributed by atoms with Gasteiger partial charge in [-0.3, -0.25) is 0 Å². The van der Waals surface area contributed by atoms with Crippen molar-refractivity contribution in [3.63, 3.8) is 0 Å². The topological polar surface area (TPSA) is 32.3 Å². The normalized spacial score (nSPS) is 11.8. The van der Waals surface area contributed by atoms with Crippen molar-refractivity contribution in [2.45, 2.75) is 46.6 Å². The zero-order valence-electron chi connectivity index (χ0n) is 12.0. The maximum atomic E-state index is 9.50. The minimum absolute atomic E-state index is 0.0450. The molecule has 0 saturated heterocycles. The van der Waals surface area contributed by atoms with Gasteiger partial charge in [0, 0.05) is 25.1 Å². The van der Waals surface area contributed by atoms with Crippen molar-refractivity contribution in [2.24, 2.45) is 5.41 Å². The minimum atomic E-state index is 0.0450. The summed E-state index contributed by atoms with van der Waals surface area (Å²) in [6.45, 7) is 8.50. The number of hydrogen-bond donors (Lipinski definition) is 2. The molecular formula is C16H27NO. The molecule has 0 amide bonds. The van der Waals surface area contributed by atoms with E-state index in [-0.39, 0.29) is 12.0 Å². The fraction of sp³-hybridized carbons (Fsp3) is 0.625. The maximum absolute atomic E-state index is 9.50. The van der Waals surface area contributed by atoms with E-state index in [4.69, 9.17) is 0 Å². The molecule has 0 aliphatic rings. The lowest BCUT2D eigenvalue weighted by Crippen LogP contribution is -2.36.